The van der Waals surface area contributed by atoms with Gasteiger partial charge in [0, 0.05) is 37.4 Å². The van der Waals surface area contributed by atoms with E-state index in [4.69, 9.17) is 9.26 Å². The first-order chi connectivity index (χ1) is 11.4. The maximum Gasteiger partial charge on any atom is 0.256 e. The fourth-order valence-corrected chi connectivity index (χ4v) is 3.48. The lowest BCUT2D eigenvalue weighted by Gasteiger charge is -2.19. The third-order valence-electron chi connectivity index (χ3n) is 4.85. The van der Waals surface area contributed by atoms with Gasteiger partial charge in [-0.3, -0.25) is 9.48 Å². The number of rotatable bonds is 4. The van der Waals surface area contributed by atoms with Crippen molar-refractivity contribution in [1.82, 2.24) is 20.3 Å². The normalized spacial score (nSPS) is 20.5. The zero-order valence-electron chi connectivity index (χ0n) is 14.8. The second kappa shape index (κ2) is 6.39. The fourth-order valence-electron chi connectivity index (χ4n) is 3.48. The van der Waals surface area contributed by atoms with Crippen LogP contribution in [-0.2, 0) is 11.8 Å². The number of nitrogens with one attached hydrogen (secondary N) is 1. The zero-order chi connectivity index (χ0) is 17.4. The standard InChI is InChI=1S/C17H24N4O3/c1-9-14(11(3)21(5)19-9)16-13(6-7-23-16)8-18-17(22)15-10(2)20-24-12(15)4/h13,16H,6-8H2,1-5H3,(H,18,22)/t13-,16+/m1/s1. The summed E-state index contributed by atoms with van der Waals surface area (Å²) in [5, 5.41) is 11.3. The smallest absolute Gasteiger partial charge is 0.256 e. The molecule has 7 heteroatoms. The van der Waals surface area contributed by atoms with Crippen LogP contribution in [0.3, 0.4) is 0 Å². The predicted octanol–water partition coefficient (Wildman–Crippen LogP) is 2.15. The molecule has 0 aliphatic carbocycles. The van der Waals surface area contributed by atoms with E-state index >= 15 is 0 Å². The highest BCUT2D eigenvalue weighted by molar-refractivity contribution is 5.96. The number of hydrogen-bond donors (Lipinski definition) is 1. The molecule has 2 aromatic rings. The van der Waals surface area contributed by atoms with Crippen LogP contribution in [0.15, 0.2) is 4.52 Å². The Morgan fingerprint density at radius 2 is 2.04 bits per heavy atom. The van der Waals surface area contributed by atoms with Crippen LogP contribution in [0.5, 0.6) is 0 Å². The molecule has 2 aromatic heterocycles. The lowest BCUT2D eigenvalue weighted by molar-refractivity contribution is 0.0839. The van der Waals surface area contributed by atoms with Gasteiger partial charge in [-0.2, -0.15) is 5.10 Å². The van der Waals surface area contributed by atoms with E-state index in [1.165, 1.54) is 0 Å². The molecule has 1 saturated heterocycles. The average Bonchev–Trinajstić information content (AvgIpc) is 3.17. The predicted molar refractivity (Wildman–Crippen MR) is 87.8 cm³/mol. The number of amides is 1. The molecule has 130 valence electrons. The van der Waals surface area contributed by atoms with Crippen molar-refractivity contribution in [3.8, 4) is 0 Å². The Bertz CT molecular complexity index is 743. The Hall–Kier alpha value is -2.15. The Morgan fingerprint density at radius 1 is 1.29 bits per heavy atom. The molecule has 1 fully saturated rings. The topological polar surface area (TPSA) is 82.2 Å². The highest BCUT2D eigenvalue weighted by atomic mass is 16.5. The molecule has 1 aliphatic rings. The molecule has 0 radical (unpaired) electrons. The van der Waals surface area contributed by atoms with Crippen molar-refractivity contribution in [2.24, 2.45) is 13.0 Å². The molecule has 0 unspecified atom stereocenters. The van der Waals surface area contributed by atoms with Gasteiger partial charge in [0.2, 0.25) is 0 Å². The van der Waals surface area contributed by atoms with Crippen LogP contribution >= 0.6 is 0 Å². The first kappa shape index (κ1) is 16.7. The average molecular weight is 332 g/mol. The van der Waals surface area contributed by atoms with Crippen molar-refractivity contribution in [2.45, 2.75) is 40.2 Å². The van der Waals surface area contributed by atoms with Crippen LogP contribution in [0.4, 0.5) is 0 Å². The maximum absolute atomic E-state index is 12.4. The largest absolute Gasteiger partial charge is 0.373 e. The van der Waals surface area contributed by atoms with E-state index in [1.54, 1.807) is 13.8 Å². The van der Waals surface area contributed by atoms with Crippen LogP contribution in [0.2, 0.25) is 0 Å². The molecule has 0 saturated carbocycles. The van der Waals surface area contributed by atoms with Crippen molar-refractivity contribution in [2.75, 3.05) is 13.2 Å². The van der Waals surface area contributed by atoms with Gasteiger partial charge in [0.05, 0.1) is 17.5 Å². The summed E-state index contributed by atoms with van der Waals surface area (Å²) in [5.74, 6) is 0.635. The summed E-state index contributed by atoms with van der Waals surface area (Å²) in [7, 11) is 1.94. The second-order valence-corrected chi connectivity index (χ2v) is 6.46. The molecule has 7 nitrogen and oxygen atoms in total. The number of aromatic nitrogens is 3. The molecule has 1 aliphatic heterocycles. The number of hydrogen-bond acceptors (Lipinski definition) is 5. The van der Waals surface area contributed by atoms with Crippen LogP contribution in [0.1, 0.15) is 51.3 Å². The van der Waals surface area contributed by atoms with E-state index in [0.717, 1.165) is 23.4 Å². The summed E-state index contributed by atoms with van der Waals surface area (Å²) in [6.07, 6.45) is 0.893. The molecule has 0 spiro atoms. The van der Waals surface area contributed by atoms with Gasteiger partial charge >= 0.3 is 0 Å². The van der Waals surface area contributed by atoms with E-state index in [0.29, 0.717) is 30.2 Å². The number of nitrogens with zero attached hydrogens (tertiary/aromatic N) is 3. The lowest BCUT2D eigenvalue weighted by Crippen LogP contribution is -2.31. The van der Waals surface area contributed by atoms with Gasteiger partial charge in [-0.05, 0) is 34.1 Å². The quantitative estimate of drug-likeness (QED) is 0.927. The zero-order valence-corrected chi connectivity index (χ0v) is 14.8. The minimum absolute atomic E-state index is 0.0244. The minimum atomic E-state index is -0.142. The summed E-state index contributed by atoms with van der Waals surface area (Å²) in [6, 6.07) is 0. The minimum Gasteiger partial charge on any atom is -0.373 e. The molecule has 24 heavy (non-hydrogen) atoms. The van der Waals surface area contributed by atoms with E-state index in [-0.39, 0.29) is 17.9 Å². The summed E-state index contributed by atoms with van der Waals surface area (Å²) in [4.78, 5) is 12.4. The lowest BCUT2D eigenvalue weighted by atomic mass is 9.94. The first-order valence-corrected chi connectivity index (χ1v) is 8.23. The van der Waals surface area contributed by atoms with Crippen LogP contribution < -0.4 is 5.32 Å². The summed E-state index contributed by atoms with van der Waals surface area (Å²) < 4.78 is 12.9. The summed E-state index contributed by atoms with van der Waals surface area (Å²) >= 11 is 0. The van der Waals surface area contributed by atoms with Crippen molar-refractivity contribution in [3.05, 3.63) is 34.0 Å². The second-order valence-electron chi connectivity index (χ2n) is 6.46. The van der Waals surface area contributed by atoms with E-state index in [9.17, 15) is 4.79 Å². The highest BCUT2D eigenvalue weighted by Gasteiger charge is 2.34. The fraction of sp³-hybridized carbons (Fsp3) is 0.588. The highest BCUT2D eigenvalue weighted by Crippen LogP contribution is 2.37. The Morgan fingerprint density at radius 3 is 2.62 bits per heavy atom. The Kier molecular flexibility index (Phi) is 4.45. The van der Waals surface area contributed by atoms with Gasteiger partial charge in [0.15, 0.2) is 0 Å². The van der Waals surface area contributed by atoms with Crippen LogP contribution in [-0.4, -0.2) is 34.0 Å². The number of carbonyl (C=O) groups excluding carboxylic acids is 1. The SMILES string of the molecule is Cc1noc(C)c1C(=O)NC[C@H]1CCO[C@@H]1c1c(C)nn(C)c1C. The van der Waals surface area contributed by atoms with Gasteiger partial charge in [-0.1, -0.05) is 5.16 Å². The third-order valence-corrected chi connectivity index (χ3v) is 4.85. The molecule has 1 N–H and O–H groups in total. The van der Waals surface area contributed by atoms with Gasteiger partial charge in [0.25, 0.3) is 5.91 Å². The Balaban J connectivity index is 1.72. The first-order valence-electron chi connectivity index (χ1n) is 8.23. The number of aryl methyl sites for hydroxylation is 4. The van der Waals surface area contributed by atoms with Crippen molar-refractivity contribution in [3.63, 3.8) is 0 Å². The molecule has 0 aromatic carbocycles. The van der Waals surface area contributed by atoms with Gasteiger partial charge in [0.1, 0.15) is 11.3 Å². The van der Waals surface area contributed by atoms with Crippen LogP contribution in [0.25, 0.3) is 0 Å². The maximum atomic E-state index is 12.4. The van der Waals surface area contributed by atoms with E-state index in [2.05, 4.69) is 22.5 Å². The molecule has 0 bridgehead atoms. The number of ether oxygens (including phenoxy) is 1. The van der Waals surface area contributed by atoms with E-state index < -0.39 is 0 Å². The summed E-state index contributed by atoms with van der Waals surface area (Å²) in [5.41, 5.74) is 4.39. The summed E-state index contributed by atoms with van der Waals surface area (Å²) in [6.45, 7) is 8.83. The monoisotopic (exact) mass is 332 g/mol. The Labute approximate surface area is 141 Å². The van der Waals surface area contributed by atoms with Gasteiger partial charge in [-0.15, -0.1) is 0 Å². The third kappa shape index (κ3) is 2.84. The van der Waals surface area contributed by atoms with Crippen molar-refractivity contribution < 1.29 is 14.1 Å². The molecule has 2 atom stereocenters. The van der Waals surface area contributed by atoms with Gasteiger partial charge in [-0.25, -0.2) is 0 Å². The van der Waals surface area contributed by atoms with Crippen LogP contribution in [0, 0.1) is 33.6 Å². The van der Waals surface area contributed by atoms with E-state index in [1.807, 2.05) is 18.7 Å². The van der Waals surface area contributed by atoms with Crippen molar-refractivity contribution >= 4 is 5.91 Å². The number of carbonyl (C=O) groups is 1. The molecule has 3 rings (SSSR count). The molecule has 3 heterocycles. The molecule has 1 amide bonds. The molecular weight excluding hydrogens is 308 g/mol. The molecular formula is C17H24N4O3. The van der Waals surface area contributed by atoms with Gasteiger partial charge < -0.3 is 14.6 Å². The van der Waals surface area contributed by atoms with Crippen molar-refractivity contribution in [1.29, 1.82) is 0 Å².